The van der Waals surface area contributed by atoms with Crippen molar-refractivity contribution in [2.75, 3.05) is 13.2 Å². The Morgan fingerprint density at radius 3 is 2.41 bits per heavy atom. The molecule has 0 heterocycles. The van der Waals surface area contributed by atoms with Crippen LogP contribution in [0.3, 0.4) is 0 Å². The predicted molar refractivity (Wildman–Crippen MR) is 60.4 cm³/mol. The fourth-order valence-electron chi connectivity index (χ4n) is 2.15. The van der Waals surface area contributed by atoms with E-state index >= 15 is 0 Å². The van der Waals surface area contributed by atoms with E-state index in [9.17, 15) is 19.8 Å². The molecule has 1 aliphatic rings. The standard InChI is InChI=1S/C9H18NO6P/c1-3-15-17(14,16-4-2)8-6-5-7-9(8,11)10(12)13/h8,11H,3-7H2,1-2H3. The molecule has 1 fully saturated rings. The van der Waals surface area contributed by atoms with Crippen molar-refractivity contribution in [1.82, 2.24) is 0 Å². The SMILES string of the molecule is CCOP(=O)(OCC)C1CCCC1(O)[N+](=O)[O-]. The molecule has 0 aromatic heterocycles. The van der Waals surface area contributed by atoms with Crippen LogP contribution >= 0.6 is 7.60 Å². The normalized spacial score (nSPS) is 29.5. The molecule has 1 rings (SSSR count). The van der Waals surface area contributed by atoms with E-state index in [4.69, 9.17) is 9.05 Å². The van der Waals surface area contributed by atoms with Crippen molar-refractivity contribution in [2.24, 2.45) is 0 Å². The molecular weight excluding hydrogens is 249 g/mol. The molecule has 0 saturated heterocycles. The lowest BCUT2D eigenvalue weighted by molar-refractivity contribution is -0.621. The average Bonchev–Trinajstić information content (AvgIpc) is 2.63. The van der Waals surface area contributed by atoms with E-state index in [-0.39, 0.29) is 26.1 Å². The summed E-state index contributed by atoms with van der Waals surface area (Å²) in [6.07, 6.45) is 0.690. The second-order valence-electron chi connectivity index (χ2n) is 3.92. The quantitative estimate of drug-likeness (QED) is 0.341. The van der Waals surface area contributed by atoms with Crippen molar-refractivity contribution in [1.29, 1.82) is 0 Å². The van der Waals surface area contributed by atoms with Crippen molar-refractivity contribution in [3.63, 3.8) is 0 Å². The van der Waals surface area contributed by atoms with Gasteiger partial charge in [-0.1, -0.05) is 0 Å². The molecule has 17 heavy (non-hydrogen) atoms. The van der Waals surface area contributed by atoms with Gasteiger partial charge in [0, 0.05) is 6.42 Å². The van der Waals surface area contributed by atoms with Gasteiger partial charge in [-0.3, -0.25) is 14.7 Å². The Morgan fingerprint density at radius 2 is 2.00 bits per heavy atom. The van der Waals surface area contributed by atoms with Gasteiger partial charge in [0.2, 0.25) is 0 Å². The maximum atomic E-state index is 12.4. The summed E-state index contributed by atoms with van der Waals surface area (Å²) in [6, 6.07) is 0. The lowest BCUT2D eigenvalue weighted by Gasteiger charge is -2.27. The zero-order valence-electron chi connectivity index (χ0n) is 10.00. The number of nitro groups is 1. The average molecular weight is 267 g/mol. The molecule has 0 aromatic rings. The van der Waals surface area contributed by atoms with Gasteiger partial charge < -0.3 is 14.2 Å². The molecule has 0 aromatic carbocycles. The maximum Gasteiger partial charge on any atom is 0.343 e. The van der Waals surface area contributed by atoms with Gasteiger partial charge in [-0.2, -0.15) is 0 Å². The summed E-state index contributed by atoms with van der Waals surface area (Å²) in [5, 5.41) is 20.9. The lowest BCUT2D eigenvalue weighted by atomic mass is 10.2. The molecule has 2 unspecified atom stereocenters. The molecular formula is C9H18NO6P. The Kier molecular flexibility index (Phi) is 4.66. The van der Waals surface area contributed by atoms with Crippen molar-refractivity contribution >= 4 is 7.60 Å². The highest BCUT2D eigenvalue weighted by Crippen LogP contribution is 2.61. The monoisotopic (exact) mass is 267 g/mol. The number of hydrogen-bond acceptors (Lipinski definition) is 6. The van der Waals surface area contributed by atoms with Crippen LogP contribution in [0.5, 0.6) is 0 Å². The predicted octanol–water partition coefficient (Wildman–Crippen LogP) is 1.77. The van der Waals surface area contributed by atoms with E-state index < -0.39 is 23.9 Å². The first-order chi connectivity index (χ1) is 7.90. The highest BCUT2D eigenvalue weighted by Gasteiger charge is 2.61. The summed E-state index contributed by atoms with van der Waals surface area (Å²) >= 11 is 0. The van der Waals surface area contributed by atoms with Crippen molar-refractivity contribution < 1.29 is 23.6 Å². The number of rotatable bonds is 6. The smallest absolute Gasteiger partial charge is 0.330 e. The Balaban J connectivity index is 3.02. The Morgan fingerprint density at radius 1 is 1.47 bits per heavy atom. The van der Waals surface area contributed by atoms with Gasteiger partial charge in [-0.25, -0.2) is 0 Å². The van der Waals surface area contributed by atoms with Gasteiger partial charge in [0.25, 0.3) is 0 Å². The summed E-state index contributed by atoms with van der Waals surface area (Å²) in [4.78, 5) is 10.1. The number of nitrogens with zero attached hydrogens (tertiary/aromatic N) is 1. The molecule has 0 aliphatic heterocycles. The summed E-state index contributed by atoms with van der Waals surface area (Å²) in [6.45, 7) is 3.51. The first-order valence-corrected chi connectivity index (χ1v) is 7.27. The first kappa shape index (κ1) is 14.6. The largest absolute Gasteiger partial charge is 0.343 e. The minimum atomic E-state index is -3.63. The highest BCUT2D eigenvalue weighted by atomic mass is 31.2. The molecule has 0 amide bonds. The fraction of sp³-hybridized carbons (Fsp3) is 1.00. The summed E-state index contributed by atoms with van der Waals surface area (Å²) < 4.78 is 22.6. The van der Waals surface area contributed by atoms with Crippen molar-refractivity contribution in [2.45, 2.75) is 44.5 Å². The van der Waals surface area contributed by atoms with E-state index in [0.717, 1.165) is 0 Å². The second-order valence-corrected chi connectivity index (χ2v) is 6.14. The third-order valence-corrected chi connectivity index (χ3v) is 5.54. The maximum absolute atomic E-state index is 12.4. The van der Waals surface area contributed by atoms with Crippen LogP contribution in [-0.4, -0.2) is 34.6 Å². The molecule has 0 bridgehead atoms. The Labute approximate surface area is 99.8 Å². The minimum Gasteiger partial charge on any atom is -0.330 e. The van der Waals surface area contributed by atoms with Crippen LogP contribution in [0, 0.1) is 10.1 Å². The summed E-state index contributed by atoms with van der Waals surface area (Å²) in [5.41, 5.74) is -3.27. The molecule has 7 nitrogen and oxygen atoms in total. The zero-order chi connectivity index (χ0) is 13.1. The lowest BCUT2D eigenvalue weighted by Crippen LogP contribution is -2.45. The van der Waals surface area contributed by atoms with Crippen LogP contribution in [0.2, 0.25) is 0 Å². The summed E-state index contributed by atoms with van der Waals surface area (Å²) in [7, 11) is -3.63. The van der Waals surface area contributed by atoms with Gasteiger partial charge in [0.05, 0.1) is 18.1 Å². The van der Waals surface area contributed by atoms with Crippen LogP contribution in [0.4, 0.5) is 0 Å². The topological polar surface area (TPSA) is 98.9 Å². The van der Waals surface area contributed by atoms with Crippen LogP contribution in [0.15, 0.2) is 0 Å². The molecule has 1 saturated carbocycles. The number of hydrogen-bond donors (Lipinski definition) is 1. The third-order valence-electron chi connectivity index (χ3n) is 2.87. The van der Waals surface area contributed by atoms with Gasteiger partial charge in [0.1, 0.15) is 0 Å². The van der Waals surface area contributed by atoms with Crippen LogP contribution in [0.1, 0.15) is 33.1 Å². The van der Waals surface area contributed by atoms with E-state index in [1.54, 1.807) is 13.8 Å². The van der Waals surface area contributed by atoms with Gasteiger partial charge >= 0.3 is 13.3 Å². The van der Waals surface area contributed by atoms with E-state index in [0.29, 0.717) is 6.42 Å². The molecule has 100 valence electrons. The second kappa shape index (κ2) is 5.44. The Bertz CT molecular complexity index is 325. The van der Waals surface area contributed by atoms with Crippen molar-refractivity contribution in [3.8, 4) is 0 Å². The zero-order valence-corrected chi connectivity index (χ0v) is 10.9. The summed E-state index contributed by atoms with van der Waals surface area (Å²) in [5.74, 6) is 0. The van der Waals surface area contributed by atoms with Gasteiger partial charge in [0.15, 0.2) is 5.66 Å². The van der Waals surface area contributed by atoms with E-state index in [1.165, 1.54) is 0 Å². The van der Waals surface area contributed by atoms with Gasteiger partial charge in [-0.05, 0) is 26.7 Å². The molecule has 0 spiro atoms. The first-order valence-electron chi connectivity index (χ1n) is 5.66. The van der Waals surface area contributed by atoms with Crippen LogP contribution in [-0.2, 0) is 13.6 Å². The van der Waals surface area contributed by atoms with Crippen LogP contribution in [0.25, 0.3) is 0 Å². The van der Waals surface area contributed by atoms with E-state index in [1.807, 2.05) is 0 Å². The highest BCUT2D eigenvalue weighted by molar-refractivity contribution is 7.54. The van der Waals surface area contributed by atoms with E-state index in [2.05, 4.69) is 0 Å². The Hall–Kier alpha value is -0.490. The molecule has 1 aliphatic carbocycles. The third kappa shape index (κ3) is 2.68. The van der Waals surface area contributed by atoms with Crippen LogP contribution < -0.4 is 0 Å². The number of aliphatic hydroxyl groups is 1. The van der Waals surface area contributed by atoms with Gasteiger partial charge in [-0.15, -0.1) is 0 Å². The molecule has 0 radical (unpaired) electrons. The molecule has 8 heteroatoms. The molecule has 2 atom stereocenters. The van der Waals surface area contributed by atoms with Crippen molar-refractivity contribution in [3.05, 3.63) is 10.1 Å². The fourth-order valence-corrected chi connectivity index (χ4v) is 4.54. The minimum absolute atomic E-state index is 0.0190. The molecule has 1 N–H and O–H groups in total.